The monoisotopic (exact) mass is 243 g/mol. The Morgan fingerprint density at radius 1 is 1.35 bits per heavy atom. The highest BCUT2D eigenvalue weighted by molar-refractivity contribution is 5.45. The van der Waals surface area contributed by atoms with E-state index >= 15 is 0 Å². The van der Waals surface area contributed by atoms with Crippen molar-refractivity contribution in [2.45, 2.75) is 39.7 Å². The molecule has 0 spiro atoms. The number of halogens is 2. The molecular formula is C13H19F2NO. The van der Waals surface area contributed by atoms with Gasteiger partial charge in [0.15, 0.2) is 0 Å². The smallest absolute Gasteiger partial charge is 0.272 e. The van der Waals surface area contributed by atoms with Crippen LogP contribution in [0.3, 0.4) is 0 Å². The van der Waals surface area contributed by atoms with Crippen LogP contribution in [0, 0.1) is 6.92 Å². The van der Waals surface area contributed by atoms with Gasteiger partial charge in [-0.15, -0.1) is 0 Å². The van der Waals surface area contributed by atoms with E-state index in [1.807, 2.05) is 32.9 Å². The summed E-state index contributed by atoms with van der Waals surface area (Å²) in [5.41, 5.74) is 8.61. The van der Waals surface area contributed by atoms with Gasteiger partial charge >= 0.3 is 0 Å². The average molecular weight is 243 g/mol. The van der Waals surface area contributed by atoms with E-state index in [4.69, 9.17) is 10.5 Å². The van der Waals surface area contributed by atoms with E-state index in [-0.39, 0.29) is 6.04 Å². The summed E-state index contributed by atoms with van der Waals surface area (Å²) in [7, 11) is 0. The lowest BCUT2D eigenvalue weighted by atomic mass is 9.99. The molecule has 4 heteroatoms. The fraction of sp³-hybridized carbons (Fsp3) is 0.538. The fourth-order valence-electron chi connectivity index (χ4n) is 1.76. The molecule has 0 fully saturated rings. The number of hydrogen-bond donors (Lipinski definition) is 1. The standard InChI is InChI=1S/C13H19F2NO/c1-4-10-6-11(9(3)16)5-8(2)13(10)17-7-12(14)15/h5-6,9,12H,4,7,16H2,1-3H3. The van der Waals surface area contributed by atoms with Crippen molar-refractivity contribution in [1.82, 2.24) is 0 Å². The fourth-order valence-corrected chi connectivity index (χ4v) is 1.76. The zero-order chi connectivity index (χ0) is 13.0. The number of ether oxygens (including phenoxy) is 1. The SMILES string of the molecule is CCc1cc(C(C)N)cc(C)c1OCC(F)F. The van der Waals surface area contributed by atoms with Gasteiger partial charge in [-0.2, -0.15) is 0 Å². The quantitative estimate of drug-likeness (QED) is 0.861. The normalized spacial score (nSPS) is 12.9. The number of hydrogen-bond acceptors (Lipinski definition) is 2. The first kappa shape index (κ1) is 13.9. The minimum absolute atomic E-state index is 0.0665. The summed E-state index contributed by atoms with van der Waals surface area (Å²) < 4.78 is 29.5. The first-order chi connectivity index (χ1) is 7.95. The Morgan fingerprint density at radius 3 is 2.47 bits per heavy atom. The third-order valence-corrected chi connectivity index (χ3v) is 2.63. The van der Waals surface area contributed by atoms with Crippen LogP contribution in [0.4, 0.5) is 8.78 Å². The number of aryl methyl sites for hydroxylation is 2. The molecule has 0 radical (unpaired) electrons. The topological polar surface area (TPSA) is 35.2 Å². The molecule has 0 bridgehead atoms. The van der Waals surface area contributed by atoms with Gasteiger partial charge < -0.3 is 10.5 Å². The van der Waals surface area contributed by atoms with Crippen LogP contribution in [-0.4, -0.2) is 13.0 Å². The van der Waals surface area contributed by atoms with Gasteiger partial charge in [0.25, 0.3) is 6.43 Å². The molecule has 0 aliphatic rings. The summed E-state index contributed by atoms with van der Waals surface area (Å²) in [6.45, 7) is 5.15. The van der Waals surface area contributed by atoms with Crippen molar-refractivity contribution in [3.63, 3.8) is 0 Å². The second kappa shape index (κ2) is 5.96. The van der Waals surface area contributed by atoms with Crippen LogP contribution in [0.1, 0.15) is 36.6 Å². The lowest BCUT2D eigenvalue weighted by Crippen LogP contribution is -2.11. The summed E-state index contributed by atoms with van der Waals surface area (Å²) in [4.78, 5) is 0. The lowest BCUT2D eigenvalue weighted by molar-refractivity contribution is 0.0811. The number of rotatable bonds is 5. The van der Waals surface area contributed by atoms with Crippen molar-refractivity contribution >= 4 is 0 Å². The maximum atomic E-state index is 12.2. The second-order valence-electron chi connectivity index (χ2n) is 4.17. The molecule has 1 atom stereocenters. The first-order valence-corrected chi connectivity index (χ1v) is 5.75. The lowest BCUT2D eigenvalue weighted by Gasteiger charge is -2.16. The predicted molar refractivity (Wildman–Crippen MR) is 64.7 cm³/mol. The summed E-state index contributed by atoms with van der Waals surface area (Å²) >= 11 is 0. The van der Waals surface area contributed by atoms with Crippen molar-refractivity contribution < 1.29 is 13.5 Å². The van der Waals surface area contributed by atoms with Crippen LogP contribution in [0.2, 0.25) is 0 Å². The maximum absolute atomic E-state index is 12.2. The van der Waals surface area contributed by atoms with Gasteiger partial charge in [0.1, 0.15) is 12.4 Å². The zero-order valence-corrected chi connectivity index (χ0v) is 10.5. The van der Waals surface area contributed by atoms with Gasteiger partial charge in [0.2, 0.25) is 0 Å². The summed E-state index contributed by atoms with van der Waals surface area (Å²) in [6, 6.07) is 3.76. The van der Waals surface area contributed by atoms with Gasteiger partial charge in [-0.05, 0) is 37.0 Å². The summed E-state index contributed by atoms with van der Waals surface area (Å²) in [5.74, 6) is 0.567. The number of benzene rings is 1. The molecule has 0 aromatic heterocycles. The van der Waals surface area contributed by atoms with Crippen molar-refractivity contribution in [2.75, 3.05) is 6.61 Å². The molecule has 1 rings (SSSR count). The Balaban J connectivity index is 3.03. The van der Waals surface area contributed by atoms with E-state index < -0.39 is 13.0 Å². The Bertz CT molecular complexity index is 378. The highest BCUT2D eigenvalue weighted by Crippen LogP contribution is 2.28. The van der Waals surface area contributed by atoms with E-state index in [0.717, 1.165) is 23.1 Å². The van der Waals surface area contributed by atoms with E-state index in [2.05, 4.69) is 0 Å². The molecule has 1 aromatic rings. The molecule has 0 saturated carbocycles. The van der Waals surface area contributed by atoms with Gasteiger partial charge in [-0.1, -0.05) is 19.1 Å². The first-order valence-electron chi connectivity index (χ1n) is 5.75. The van der Waals surface area contributed by atoms with Gasteiger partial charge in [-0.3, -0.25) is 0 Å². The van der Waals surface area contributed by atoms with Crippen LogP contribution < -0.4 is 10.5 Å². The van der Waals surface area contributed by atoms with Crippen LogP contribution in [0.25, 0.3) is 0 Å². The minimum Gasteiger partial charge on any atom is -0.487 e. The average Bonchev–Trinajstić information content (AvgIpc) is 2.25. The molecule has 2 nitrogen and oxygen atoms in total. The Labute approximate surface area is 101 Å². The Hall–Kier alpha value is -1.16. The van der Waals surface area contributed by atoms with Crippen molar-refractivity contribution in [2.24, 2.45) is 5.73 Å². The Morgan fingerprint density at radius 2 is 2.00 bits per heavy atom. The summed E-state index contributed by atoms with van der Waals surface area (Å²) in [5, 5.41) is 0. The highest BCUT2D eigenvalue weighted by atomic mass is 19.3. The molecular weight excluding hydrogens is 224 g/mol. The molecule has 0 heterocycles. The summed E-state index contributed by atoms with van der Waals surface area (Å²) in [6.07, 6.45) is -1.72. The maximum Gasteiger partial charge on any atom is 0.272 e. The van der Waals surface area contributed by atoms with Crippen molar-refractivity contribution in [3.8, 4) is 5.75 Å². The van der Waals surface area contributed by atoms with Crippen molar-refractivity contribution in [1.29, 1.82) is 0 Å². The van der Waals surface area contributed by atoms with E-state index in [1.54, 1.807) is 0 Å². The van der Waals surface area contributed by atoms with Crippen LogP contribution in [-0.2, 0) is 6.42 Å². The Kier molecular flexibility index (Phi) is 4.87. The molecule has 96 valence electrons. The van der Waals surface area contributed by atoms with Crippen LogP contribution in [0.15, 0.2) is 12.1 Å². The number of nitrogens with two attached hydrogens (primary N) is 1. The largest absolute Gasteiger partial charge is 0.487 e. The van der Waals surface area contributed by atoms with E-state index in [1.165, 1.54) is 0 Å². The van der Waals surface area contributed by atoms with E-state index in [0.29, 0.717) is 5.75 Å². The van der Waals surface area contributed by atoms with Gasteiger partial charge in [0.05, 0.1) is 0 Å². The number of alkyl halides is 2. The highest BCUT2D eigenvalue weighted by Gasteiger charge is 2.12. The molecule has 0 amide bonds. The van der Waals surface area contributed by atoms with Crippen LogP contribution >= 0.6 is 0 Å². The molecule has 2 N–H and O–H groups in total. The van der Waals surface area contributed by atoms with Crippen LogP contribution in [0.5, 0.6) is 5.75 Å². The molecule has 1 unspecified atom stereocenters. The van der Waals surface area contributed by atoms with Crippen molar-refractivity contribution in [3.05, 3.63) is 28.8 Å². The molecule has 17 heavy (non-hydrogen) atoms. The third kappa shape index (κ3) is 3.66. The zero-order valence-electron chi connectivity index (χ0n) is 10.5. The predicted octanol–water partition coefficient (Wildman–Crippen LogP) is 3.22. The van der Waals surface area contributed by atoms with Gasteiger partial charge in [0, 0.05) is 6.04 Å². The van der Waals surface area contributed by atoms with E-state index in [9.17, 15) is 8.78 Å². The molecule has 0 saturated heterocycles. The second-order valence-corrected chi connectivity index (χ2v) is 4.17. The molecule has 0 aliphatic carbocycles. The molecule has 0 aliphatic heterocycles. The third-order valence-electron chi connectivity index (χ3n) is 2.63. The molecule has 1 aromatic carbocycles. The minimum atomic E-state index is -2.45. The van der Waals surface area contributed by atoms with Gasteiger partial charge in [-0.25, -0.2) is 8.78 Å².